The first-order valence-electron chi connectivity index (χ1n) is 7.14. The van der Waals surface area contributed by atoms with Crippen LogP contribution in [0.25, 0.3) is 0 Å². The number of rotatable bonds is 7. The molecule has 1 aromatic carbocycles. The largest absolute Gasteiger partial charge is 0.573 e. The van der Waals surface area contributed by atoms with Gasteiger partial charge >= 0.3 is 6.36 Å². The fourth-order valence-corrected chi connectivity index (χ4v) is 2.32. The molecule has 2 atom stereocenters. The van der Waals surface area contributed by atoms with Crippen molar-refractivity contribution in [2.75, 3.05) is 0 Å². The van der Waals surface area contributed by atoms with Gasteiger partial charge in [0, 0.05) is 0 Å². The molecular weight excluding hydrogens is 283 g/mol. The third-order valence-electron chi connectivity index (χ3n) is 3.72. The van der Waals surface area contributed by atoms with E-state index in [0.717, 1.165) is 18.8 Å². The van der Waals surface area contributed by atoms with Crippen LogP contribution in [0, 0.1) is 5.92 Å². The molecule has 0 aromatic heterocycles. The van der Waals surface area contributed by atoms with Crippen molar-refractivity contribution in [1.29, 1.82) is 0 Å². The fourth-order valence-electron chi connectivity index (χ4n) is 2.32. The topological polar surface area (TPSA) is 55.5 Å². The summed E-state index contributed by atoms with van der Waals surface area (Å²) in [5.41, 5.74) is 6.54. The molecule has 0 heterocycles. The average Bonchev–Trinajstić information content (AvgIpc) is 3.21. The Labute approximate surface area is 121 Å². The fraction of sp³-hybridized carbons (Fsp3) is 0.600. The summed E-state index contributed by atoms with van der Waals surface area (Å²) >= 11 is 0. The second kappa shape index (κ2) is 6.66. The van der Waals surface area contributed by atoms with Crippen molar-refractivity contribution in [3.63, 3.8) is 0 Å². The predicted octanol–water partition coefficient (Wildman–Crippen LogP) is 3.53. The van der Waals surface area contributed by atoms with E-state index in [0.29, 0.717) is 12.0 Å². The molecule has 0 saturated heterocycles. The first-order valence-corrected chi connectivity index (χ1v) is 7.14. The Morgan fingerprint density at radius 3 is 2.38 bits per heavy atom. The van der Waals surface area contributed by atoms with Gasteiger partial charge in [-0.25, -0.2) is 0 Å². The Morgan fingerprint density at radius 1 is 1.24 bits per heavy atom. The summed E-state index contributed by atoms with van der Waals surface area (Å²) in [7, 11) is 0. The first-order chi connectivity index (χ1) is 9.85. The van der Waals surface area contributed by atoms with E-state index in [2.05, 4.69) is 4.74 Å². The monoisotopic (exact) mass is 303 g/mol. The molecule has 0 radical (unpaired) electrons. The summed E-state index contributed by atoms with van der Waals surface area (Å²) in [6.45, 7) is 0. The maximum absolute atomic E-state index is 12.1. The van der Waals surface area contributed by atoms with Gasteiger partial charge in [0.05, 0.1) is 12.1 Å². The Bertz CT molecular complexity index is 443. The van der Waals surface area contributed by atoms with E-state index >= 15 is 0 Å². The first kappa shape index (κ1) is 16.1. The highest BCUT2D eigenvalue weighted by Gasteiger charge is 2.31. The van der Waals surface area contributed by atoms with Crippen molar-refractivity contribution in [3.8, 4) is 5.75 Å². The molecule has 1 fully saturated rings. The summed E-state index contributed by atoms with van der Waals surface area (Å²) in [5, 5.41) is 10.0. The van der Waals surface area contributed by atoms with E-state index in [9.17, 15) is 18.3 Å². The van der Waals surface area contributed by atoms with Crippen molar-refractivity contribution in [1.82, 2.24) is 0 Å². The van der Waals surface area contributed by atoms with Crippen LogP contribution in [-0.2, 0) is 0 Å². The smallest absolute Gasteiger partial charge is 0.406 e. The van der Waals surface area contributed by atoms with Gasteiger partial charge in [0.2, 0.25) is 0 Å². The van der Waals surface area contributed by atoms with E-state index in [1.807, 2.05) is 0 Å². The molecule has 118 valence electrons. The molecule has 1 aliphatic carbocycles. The zero-order chi connectivity index (χ0) is 15.5. The van der Waals surface area contributed by atoms with Gasteiger partial charge in [-0.15, -0.1) is 13.2 Å². The van der Waals surface area contributed by atoms with Gasteiger partial charge in [0.1, 0.15) is 5.75 Å². The van der Waals surface area contributed by atoms with Crippen LogP contribution in [0.4, 0.5) is 13.2 Å². The number of benzene rings is 1. The van der Waals surface area contributed by atoms with Crippen LogP contribution < -0.4 is 10.5 Å². The highest BCUT2D eigenvalue weighted by atomic mass is 19.4. The number of alkyl halides is 3. The van der Waals surface area contributed by atoms with Gasteiger partial charge in [-0.1, -0.05) is 37.8 Å². The Hall–Kier alpha value is -1.27. The number of nitrogens with two attached hydrogens (primary N) is 1. The lowest BCUT2D eigenvalue weighted by molar-refractivity contribution is -0.274. The quantitative estimate of drug-likeness (QED) is 0.810. The average molecular weight is 303 g/mol. The van der Waals surface area contributed by atoms with E-state index in [4.69, 9.17) is 5.73 Å². The van der Waals surface area contributed by atoms with Crippen molar-refractivity contribution in [3.05, 3.63) is 29.8 Å². The molecule has 1 saturated carbocycles. The third kappa shape index (κ3) is 5.55. The lowest BCUT2D eigenvalue weighted by Gasteiger charge is -2.19. The molecule has 1 aromatic rings. The van der Waals surface area contributed by atoms with Crippen LogP contribution in [0.2, 0.25) is 0 Å². The summed E-state index contributed by atoms with van der Waals surface area (Å²) in [6.07, 6.45) is -0.175. The Morgan fingerprint density at radius 2 is 1.86 bits per heavy atom. The van der Waals surface area contributed by atoms with Crippen LogP contribution in [0.1, 0.15) is 43.7 Å². The van der Waals surface area contributed by atoms with E-state index in [1.54, 1.807) is 0 Å². The molecule has 3 nitrogen and oxygen atoms in total. The minimum atomic E-state index is -4.70. The Kier molecular flexibility index (Phi) is 5.11. The Balaban J connectivity index is 1.84. The van der Waals surface area contributed by atoms with Gasteiger partial charge in [-0.3, -0.25) is 0 Å². The minimum absolute atomic E-state index is 0.290. The molecule has 21 heavy (non-hydrogen) atoms. The number of hydrogen-bond donors (Lipinski definition) is 2. The zero-order valence-electron chi connectivity index (χ0n) is 11.6. The number of hydrogen-bond acceptors (Lipinski definition) is 3. The summed E-state index contributed by atoms with van der Waals surface area (Å²) in [4.78, 5) is 0. The van der Waals surface area contributed by atoms with E-state index in [-0.39, 0.29) is 5.75 Å². The minimum Gasteiger partial charge on any atom is -0.406 e. The van der Waals surface area contributed by atoms with E-state index in [1.165, 1.54) is 37.1 Å². The summed E-state index contributed by atoms with van der Waals surface area (Å²) in [5.74, 6) is 0.522. The normalized spacial score (nSPS) is 18.3. The van der Waals surface area contributed by atoms with E-state index < -0.39 is 18.5 Å². The number of aliphatic hydroxyl groups excluding tert-OH is 1. The second-order valence-electron chi connectivity index (χ2n) is 5.58. The third-order valence-corrected chi connectivity index (χ3v) is 3.72. The zero-order valence-corrected chi connectivity index (χ0v) is 11.6. The van der Waals surface area contributed by atoms with Gasteiger partial charge in [-0.2, -0.15) is 0 Å². The molecule has 2 rings (SSSR count). The molecule has 3 N–H and O–H groups in total. The van der Waals surface area contributed by atoms with Gasteiger partial charge < -0.3 is 15.6 Å². The lowest BCUT2D eigenvalue weighted by Crippen LogP contribution is -2.26. The van der Waals surface area contributed by atoms with Gasteiger partial charge in [0.25, 0.3) is 0 Å². The van der Waals surface area contributed by atoms with Crippen molar-refractivity contribution in [2.24, 2.45) is 11.7 Å². The number of halogens is 3. The van der Waals surface area contributed by atoms with Crippen molar-refractivity contribution in [2.45, 2.75) is 50.6 Å². The van der Waals surface area contributed by atoms with Crippen LogP contribution in [-0.4, -0.2) is 17.6 Å². The van der Waals surface area contributed by atoms with Crippen molar-refractivity contribution < 1.29 is 23.0 Å². The van der Waals surface area contributed by atoms with Crippen molar-refractivity contribution >= 4 is 0 Å². The van der Waals surface area contributed by atoms with Gasteiger partial charge in [0.15, 0.2) is 0 Å². The summed E-state index contributed by atoms with van der Waals surface area (Å²) in [6, 6.07) is 4.73. The maximum Gasteiger partial charge on any atom is 0.573 e. The molecule has 2 unspecified atom stereocenters. The number of aliphatic hydroxyl groups is 1. The van der Waals surface area contributed by atoms with Crippen LogP contribution in [0.3, 0.4) is 0 Å². The van der Waals surface area contributed by atoms with Crippen LogP contribution >= 0.6 is 0 Å². The maximum atomic E-state index is 12.1. The van der Waals surface area contributed by atoms with Crippen LogP contribution in [0.5, 0.6) is 5.75 Å². The molecular formula is C15H20F3NO2. The predicted molar refractivity (Wildman–Crippen MR) is 72.6 cm³/mol. The van der Waals surface area contributed by atoms with Gasteiger partial charge in [-0.05, 0) is 30.0 Å². The molecule has 0 amide bonds. The molecule has 6 heteroatoms. The molecule has 0 bridgehead atoms. The summed E-state index contributed by atoms with van der Waals surface area (Å²) < 4.78 is 39.9. The highest BCUT2D eigenvalue weighted by Crippen LogP contribution is 2.34. The second-order valence-corrected chi connectivity index (χ2v) is 5.58. The lowest BCUT2D eigenvalue weighted by atomic mass is 9.98. The SMILES string of the molecule is NC(c1ccc(OC(F)(F)F)cc1)C(O)CCCC1CC1. The van der Waals surface area contributed by atoms with Crippen LogP contribution in [0.15, 0.2) is 24.3 Å². The molecule has 0 spiro atoms. The standard InChI is InChI=1S/C15H20F3NO2/c16-15(17,18)21-12-8-6-11(7-9-12)14(19)13(20)3-1-2-10-4-5-10/h6-10,13-14,20H,1-5,19H2. The highest BCUT2D eigenvalue weighted by molar-refractivity contribution is 5.29. The number of ether oxygens (including phenoxy) is 1. The molecule has 0 aliphatic heterocycles. The molecule has 1 aliphatic rings.